The van der Waals surface area contributed by atoms with E-state index in [1.165, 1.54) is 0 Å². The molecule has 106 valence electrons. The molecule has 1 aromatic rings. The molecule has 0 aromatic carbocycles. The van der Waals surface area contributed by atoms with E-state index in [1.807, 2.05) is 0 Å². The molecular weight excluding hydrogens is 275 g/mol. The number of rotatable bonds is 3. The van der Waals surface area contributed by atoms with Crippen molar-refractivity contribution < 1.29 is 31.5 Å². The van der Waals surface area contributed by atoms with Crippen molar-refractivity contribution in [2.75, 3.05) is 12.8 Å². The zero-order valence-electron chi connectivity index (χ0n) is 9.59. The number of hydrogen-bond acceptors (Lipinski definition) is 4. The minimum Gasteiger partial charge on any atom is -0.469 e. The van der Waals surface area contributed by atoms with Crippen molar-refractivity contribution in [1.82, 2.24) is 4.98 Å². The second-order valence-corrected chi connectivity index (χ2v) is 3.50. The number of methoxy groups -OCH3 is 1. The quantitative estimate of drug-likeness (QED) is 0.683. The van der Waals surface area contributed by atoms with Gasteiger partial charge in [-0.2, -0.15) is 13.2 Å². The van der Waals surface area contributed by atoms with Crippen molar-refractivity contribution in [3.8, 4) is 0 Å². The van der Waals surface area contributed by atoms with Crippen LogP contribution in [0.2, 0.25) is 0 Å². The maximum atomic E-state index is 12.8. The van der Waals surface area contributed by atoms with E-state index in [2.05, 4.69) is 9.72 Å². The van der Waals surface area contributed by atoms with Crippen molar-refractivity contribution in [1.29, 1.82) is 0 Å². The SMILES string of the molecule is COC(=O)Cc1ncc(N)c(C(F)(F)F)c1C(F)F. The molecule has 0 saturated carbocycles. The van der Waals surface area contributed by atoms with Gasteiger partial charge in [-0.25, -0.2) is 8.78 Å². The zero-order chi connectivity index (χ0) is 14.8. The van der Waals surface area contributed by atoms with Crippen molar-refractivity contribution in [3.63, 3.8) is 0 Å². The number of nitrogens with two attached hydrogens (primary N) is 1. The maximum absolute atomic E-state index is 12.8. The minimum absolute atomic E-state index is 0.590. The highest BCUT2D eigenvalue weighted by Gasteiger charge is 2.40. The smallest absolute Gasteiger partial charge is 0.418 e. The second kappa shape index (κ2) is 5.37. The van der Waals surface area contributed by atoms with Crippen LogP contribution < -0.4 is 5.73 Å². The molecule has 4 nitrogen and oxygen atoms in total. The van der Waals surface area contributed by atoms with Crippen LogP contribution in [0.25, 0.3) is 0 Å². The fraction of sp³-hybridized carbons (Fsp3) is 0.400. The lowest BCUT2D eigenvalue weighted by molar-refractivity contribution is -0.141. The second-order valence-electron chi connectivity index (χ2n) is 3.50. The number of ether oxygens (including phenoxy) is 1. The van der Waals surface area contributed by atoms with Crippen LogP contribution in [0.3, 0.4) is 0 Å². The Bertz CT molecular complexity index is 488. The maximum Gasteiger partial charge on any atom is 0.418 e. The molecule has 0 aliphatic rings. The lowest BCUT2D eigenvalue weighted by Gasteiger charge is -2.17. The van der Waals surface area contributed by atoms with E-state index in [-0.39, 0.29) is 0 Å². The van der Waals surface area contributed by atoms with E-state index < -0.39 is 47.5 Å². The minimum atomic E-state index is -5.07. The van der Waals surface area contributed by atoms with Crippen LogP contribution in [-0.2, 0) is 22.1 Å². The molecule has 1 aromatic heterocycles. The fourth-order valence-corrected chi connectivity index (χ4v) is 1.48. The summed E-state index contributed by atoms with van der Waals surface area (Å²) in [5.74, 6) is -0.979. The first-order chi connectivity index (χ1) is 8.68. The van der Waals surface area contributed by atoms with Gasteiger partial charge in [0.25, 0.3) is 6.43 Å². The van der Waals surface area contributed by atoms with Gasteiger partial charge in [-0.1, -0.05) is 0 Å². The van der Waals surface area contributed by atoms with Gasteiger partial charge in [-0.3, -0.25) is 9.78 Å². The summed E-state index contributed by atoms with van der Waals surface area (Å²) in [5, 5.41) is 0. The lowest BCUT2D eigenvalue weighted by Crippen LogP contribution is -2.18. The molecule has 9 heteroatoms. The number of nitrogens with zero attached hydrogens (tertiary/aromatic N) is 1. The van der Waals surface area contributed by atoms with E-state index in [0.717, 1.165) is 7.11 Å². The van der Waals surface area contributed by atoms with E-state index >= 15 is 0 Å². The molecular formula is C10H9F5N2O2. The number of alkyl halides is 5. The number of nitrogen functional groups attached to an aromatic ring is 1. The molecule has 0 amide bonds. The van der Waals surface area contributed by atoms with Gasteiger partial charge in [0.2, 0.25) is 0 Å². The number of anilines is 1. The van der Waals surface area contributed by atoms with Crippen LogP contribution in [0.5, 0.6) is 0 Å². The average Bonchev–Trinajstić information content (AvgIpc) is 2.28. The third-order valence-electron chi connectivity index (χ3n) is 2.27. The first-order valence-electron chi connectivity index (χ1n) is 4.87. The van der Waals surface area contributed by atoms with Gasteiger partial charge >= 0.3 is 12.1 Å². The number of pyridine rings is 1. The summed E-state index contributed by atoms with van der Waals surface area (Å²) >= 11 is 0. The van der Waals surface area contributed by atoms with E-state index in [1.54, 1.807) is 0 Å². The van der Waals surface area contributed by atoms with Gasteiger partial charge in [-0.05, 0) is 0 Å². The van der Waals surface area contributed by atoms with E-state index in [0.29, 0.717) is 6.20 Å². The summed E-state index contributed by atoms with van der Waals surface area (Å²) < 4.78 is 68.0. The number of carbonyl (C=O) groups is 1. The van der Waals surface area contributed by atoms with Gasteiger partial charge < -0.3 is 10.5 Å². The number of aromatic nitrogens is 1. The van der Waals surface area contributed by atoms with E-state index in [9.17, 15) is 26.7 Å². The Morgan fingerprint density at radius 2 is 2.05 bits per heavy atom. The third-order valence-corrected chi connectivity index (χ3v) is 2.27. The molecule has 0 radical (unpaired) electrons. The average molecular weight is 284 g/mol. The standard InChI is InChI=1S/C10H9F5N2O2/c1-19-6(18)2-5-7(9(11)12)8(10(13,14)15)4(16)3-17-5/h3,9H,2,16H2,1H3. The predicted octanol–water partition coefficient (Wildman–Crippen LogP) is 2.34. The van der Waals surface area contributed by atoms with Crippen LogP contribution in [-0.4, -0.2) is 18.1 Å². The monoisotopic (exact) mass is 284 g/mol. The molecule has 0 fully saturated rings. The summed E-state index contributed by atoms with van der Waals surface area (Å²) in [5.41, 5.74) is 0.359. The molecule has 0 saturated heterocycles. The van der Waals surface area contributed by atoms with Gasteiger partial charge in [0.15, 0.2) is 0 Å². The number of esters is 1. The van der Waals surface area contributed by atoms with Crippen molar-refractivity contribution in [2.45, 2.75) is 19.0 Å². The Morgan fingerprint density at radius 3 is 2.47 bits per heavy atom. The van der Waals surface area contributed by atoms with Gasteiger partial charge in [0, 0.05) is 0 Å². The van der Waals surface area contributed by atoms with Crippen molar-refractivity contribution >= 4 is 11.7 Å². The van der Waals surface area contributed by atoms with Crippen molar-refractivity contribution in [2.24, 2.45) is 0 Å². The molecule has 2 N–H and O–H groups in total. The van der Waals surface area contributed by atoms with Crippen LogP contribution in [0.1, 0.15) is 23.2 Å². The summed E-state index contributed by atoms with van der Waals surface area (Å²) in [6.45, 7) is 0. The molecule has 0 unspecified atom stereocenters. The number of hydrogen-bond donors (Lipinski definition) is 1. The summed E-state index contributed by atoms with van der Waals surface area (Å²) in [6, 6.07) is 0. The first-order valence-corrected chi connectivity index (χ1v) is 4.87. The largest absolute Gasteiger partial charge is 0.469 e. The highest BCUT2D eigenvalue weighted by atomic mass is 19.4. The Labute approximate surface area is 104 Å². The normalized spacial score (nSPS) is 11.7. The van der Waals surface area contributed by atoms with Gasteiger partial charge in [-0.15, -0.1) is 0 Å². The molecule has 1 heterocycles. The zero-order valence-corrected chi connectivity index (χ0v) is 9.59. The highest BCUT2D eigenvalue weighted by Crippen LogP contribution is 2.40. The molecule has 1 rings (SSSR count). The molecule has 0 atom stereocenters. The molecule has 19 heavy (non-hydrogen) atoms. The summed E-state index contributed by atoms with van der Waals surface area (Å²) in [7, 11) is 0.979. The molecule has 0 spiro atoms. The summed E-state index contributed by atoms with van der Waals surface area (Å²) in [4.78, 5) is 14.3. The third kappa shape index (κ3) is 3.30. The molecule has 0 aliphatic heterocycles. The van der Waals surface area contributed by atoms with Gasteiger partial charge in [0.05, 0.1) is 42.2 Å². The lowest BCUT2D eigenvalue weighted by atomic mass is 10.0. The van der Waals surface area contributed by atoms with Crippen molar-refractivity contribution in [3.05, 3.63) is 23.0 Å². The Kier molecular flexibility index (Phi) is 4.28. The van der Waals surface area contributed by atoms with Crippen LogP contribution in [0.4, 0.5) is 27.6 Å². The Balaban J connectivity index is 3.46. The van der Waals surface area contributed by atoms with Gasteiger partial charge in [0.1, 0.15) is 0 Å². The topological polar surface area (TPSA) is 65.2 Å². The highest BCUT2D eigenvalue weighted by molar-refractivity contribution is 5.73. The predicted molar refractivity (Wildman–Crippen MR) is 54.3 cm³/mol. The van der Waals surface area contributed by atoms with E-state index in [4.69, 9.17) is 5.73 Å². The summed E-state index contributed by atoms with van der Waals surface area (Å²) in [6.07, 6.45) is -8.73. The number of halogens is 5. The molecule has 0 aliphatic carbocycles. The number of carbonyl (C=O) groups excluding carboxylic acids is 1. The van der Waals surface area contributed by atoms with Crippen LogP contribution in [0.15, 0.2) is 6.20 Å². The molecule has 0 bridgehead atoms. The van der Waals surface area contributed by atoms with Crippen LogP contribution >= 0.6 is 0 Å². The van der Waals surface area contributed by atoms with Crippen LogP contribution in [0, 0.1) is 0 Å². The fourth-order valence-electron chi connectivity index (χ4n) is 1.48. The Morgan fingerprint density at radius 1 is 1.47 bits per heavy atom. The first kappa shape index (κ1) is 15.1. The Hall–Kier alpha value is -1.93.